The van der Waals surface area contributed by atoms with Crippen molar-refractivity contribution in [1.82, 2.24) is 0 Å². The van der Waals surface area contributed by atoms with Gasteiger partial charge >= 0.3 is 0 Å². The first-order valence-corrected chi connectivity index (χ1v) is 14.0. The zero-order chi connectivity index (χ0) is 25.8. The lowest BCUT2D eigenvalue weighted by Gasteiger charge is -2.43. The molecule has 1 heteroatoms. The van der Waals surface area contributed by atoms with E-state index in [2.05, 4.69) is 117 Å². The first-order chi connectivity index (χ1) is 16.2. The van der Waals surface area contributed by atoms with Crippen molar-refractivity contribution < 1.29 is 0 Å². The lowest BCUT2D eigenvalue weighted by atomic mass is 9.63. The van der Waals surface area contributed by atoms with Crippen molar-refractivity contribution in [3.63, 3.8) is 0 Å². The summed E-state index contributed by atoms with van der Waals surface area (Å²) in [7, 11) is 0. The molecule has 0 unspecified atom stereocenters. The number of anilines is 2. The summed E-state index contributed by atoms with van der Waals surface area (Å²) in [4.78, 5) is 2.55. The predicted molar refractivity (Wildman–Crippen MR) is 154 cm³/mol. The predicted octanol–water partition coefficient (Wildman–Crippen LogP) is 10.2. The third kappa shape index (κ3) is 4.61. The molecule has 0 N–H and O–H groups in total. The van der Waals surface area contributed by atoms with Crippen molar-refractivity contribution in [1.29, 1.82) is 0 Å². The molecule has 0 spiro atoms. The molecule has 0 saturated heterocycles. The van der Waals surface area contributed by atoms with Crippen molar-refractivity contribution in [2.24, 2.45) is 0 Å². The van der Waals surface area contributed by atoms with Crippen LogP contribution in [0, 0.1) is 0 Å². The smallest absolute Gasteiger partial charge is 0.0461 e. The van der Waals surface area contributed by atoms with E-state index < -0.39 is 0 Å². The maximum absolute atomic E-state index is 2.55. The third-order valence-corrected chi connectivity index (χ3v) is 9.28. The van der Waals surface area contributed by atoms with Crippen LogP contribution < -0.4 is 4.90 Å². The van der Waals surface area contributed by atoms with Gasteiger partial charge in [-0.3, -0.25) is 0 Å². The number of allylic oxidation sites excluding steroid dienone is 2. The Morgan fingerprint density at radius 3 is 1.34 bits per heavy atom. The van der Waals surface area contributed by atoms with Crippen LogP contribution in [0.2, 0.25) is 0 Å². The first kappa shape index (κ1) is 26.1. The lowest BCUT2D eigenvalue weighted by molar-refractivity contribution is 0.331. The zero-order valence-electron chi connectivity index (χ0n) is 24.2. The first-order valence-electron chi connectivity index (χ1n) is 14.0. The number of nitrogens with zero attached hydrogens (tertiary/aromatic N) is 1. The van der Waals surface area contributed by atoms with Gasteiger partial charge in [0.1, 0.15) is 0 Å². The summed E-state index contributed by atoms with van der Waals surface area (Å²) < 4.78 is 0. The number of hydrogen-bond donors (Lipinski definition) is 0. The summed E-state index contributed by atoms with van der Waals surface area (Å²) in [6, 6.07) is 14.7. The number of rotatable bonds is 5. The Hall–Kier alpha value is -2.02. The Morgan fingerprint density at radius 1 is 0.629 bits per heavy atom. The Labute approximate surface area is 216 Å². The van der Waals surface area contributed by atoms with Gasteiger partial charge in [-0.05, 0) is 107 Å². The molecular formula is C34H49N. The number of fused-ring (bicyclic) bond motifs is 2. The molecule has 0 radical (unpaired) electrons. The highest BCUT2D eigenvalue weighted by molar-refractivity contribution is 5.72. The lowest BCUT2D eigenvalue weighted by Crippen LogP contribution is -2.34. The molecule has 0 fully saturated rings. The van der Waals surface area contributed by atoms with E-state index in [1.807, 2.05) is 0 Å². The molecule has 2 aliphatic rings. The molecule has 2 aromatic carbocycles. The van der Waals surface area contributed by atoms with Crippen molar-refractivity contribution >= 4 is 11.4 Å². The molecule has 0 aromatic heterocycles. The van der Waals surface area contributed by atoms with Crippen LogP contribution in [0.15, 0.2) is 48.2 Å². The molecule has 4 rings (SSSR count). The Bertz CT molecular complexity index is 1050. The van der Waals surface area contributed by atoms with Gasteiger partial charge in [-0.2, -0.15) is 0 Å². The molecule has 0 heterocycles. The maximum Gasteiger partial charge on any atom is 0.0461 e. The van der Waals surface area contributed by atoms with E-state index in [-0.39, 0.29) is 21.7 Å². The molecule has 0 aliphatic heterocycles. The third-order valence-electron chi connectivity index (χ3n) is 9.28. The summed E-state index contributed by atoms with van der Waals surface area (Å²) in [6.45, 7) is 23.9. The van der Waals surface area contributed by atoms with E-state index in [0.29, 0.717) is 0 Å². The highest BCUT2D eigenvalue weighted by Crippen LogP contribution is 2.50. The normalized spacial score (nSPS) is 21.7. The molecule has 2 aliphatic carbocycles. The van der Waals surface area contributed by atoms with Gasteiger partial charge in [0.25, 0.3) is 0 Å². The van der Waals surface area contributed by atoms with Crippen LogP contribution in [0.5, 0.6) is 0 Å². The summed E-state index contributed by atoms with van der Waals surface area (Å²) in [5.74, 6) is 0. The average Bonchev–Trinajstić information content (AvgIpc) is 2.80. The maximum atomic E-state index is 2.55. The van der Waals surface area contributed by atoms with Crippen molar-refractivity contribution in [3.05, 3.63) is 70.4 Å². The van der Waals surface area contributed by atoms with Crippen molar-refractivity contribution in [2.75, 3.05) is 4.90 Å². The summed E-state index contributed by atoms with van der Waals surface area (Å²) in [5.41, 5.74) is 11.0. The molecule has 0 bridgehead atoms. The van der Waals surface area contributed by atoms with E-state index >= 15 is 0 Å². The van der Waals surface area contributed by atoms with Gasteiger partial charge in [0, 0.05) is 17.1 Å². The fraction of sp³-hybridized carbons (Fsp3) is 0.588. The summed E-state index contributed by atoms with van der Waals surface area (Å²) in [6.07, 6.45) is 9.47. The van der Waals surface area contributed by atoms with Crippen molar-refractivity contribution in [3.8, 4) is 0 Å². The average molecular weight is 472 g/mol. The van der Waals surface area contributed by atoms with Crippen LogP contribution in [-0.2, 0) is 21.7 Å². The van der Waals surface area contributed by atoms with Crippen LogP contribution in [-0.4, -0.2) is 0 Å². The standard InChI is InChI=1S/C34H49N/c1-11-13-24(12-2)35(25-14-16-27-29(22-25)33(7,8)20-18-31(27,3)4)26-15-17-28-30(23-26)34(9,10)21-19-32(28,5)6/h13-17,22-23H,11-12,18-21H2,1-10H3/b24-13+. The second kappa shape index (κ2) is 8.82. The van der Waals surface area contributed by atoms with E-state index in [4.69, 9.17) is 0 Å². The van der Waals surface area contributed by atoms with Crippen LogP contribution in [0.3, 0.4) is 0 Å². The van der Waals surface area contributed by atoms with Crippen LogP contribution in [0.25, 0.3) is 0 Å². The quantitative estimate of drug-likeness (QED) is 0.419. The van der Waals surface area contributed by atoms with E-state index in [1.165, 1.54) is 65.0 Å². The number of hydrogen-bond acceptors (Lipinski definition) is 1. The monoisotopic (exact) mass is 471 g/mol. The van der Waals surface area contributed by atoms with Gasteiger partial charge in [-0.25, -0.2) is 0 Å². The van der Waals surface area contributed by atoms with Crippen LogP contribution >= 0.6 is 0 Å². The highest BCUT2D eigenvalue weighted by Gasteiger charge is 2.39. The van der Waals surface area contributed by atoms with Gasteiger partial charge in [-0.1, -0.05) is 87.4 Å². The Balaban J connectivity index is 1.93. The minimum absolute atomic E-state index is 0.204. The molecule has 35 heavy (non-hydrogen) atoms. The minimum Gasteiger partial charge on any atom is -0.315 e. The molecule has 0 amide bonds. The molecule has 1 nitrogen and oxygen atoms in total. The molecule has 0 atom stereocenters. The second-order valence-corrected chi connectivity index (χ2v) is 13.8. The van der Waals surface area contributed by atoms with E-state index in [0.717, 1.165) is 12.8 Å². The molecular weight excluding hydrogens is 422 g/mol. The van der Waals surface area contributed by atoms with Crippen LogP contribution in [0.1, 0.15) is 130 Å². The largest absolute Gasteiger partial charge is 0.315 e. The van der Waals surface area contributed by atoms with Gasteiger partial charge < -0.3 is 4.90 Å². The van der Waals surface area contributed by atoms with Gasteiger partial charge in [-0.15, -0.1) is 0 Å². The Kier molecular flexibility index (Phi) is 6.57. The highest BCUT2D eigenvalue weighted by atomic mass is 15.1. The summed E-state index contributed by atoms with van der Waals surface area (Å²) in [5, 5.41) is 0. The molecule has 0 saturated carbocycles. The molecule has 190 valence electrons. The minimum atomic E-state index is 0.204. The second-order valence-electron chi connectivity index (χ2n) is 13.8. The fourth-order valence-electron chi connectivity index (χ4n) is 6.54. The molecule has 2 aromatic rings. The Morgan fingerprint density at radius 2 is 1.00 bits per heavy atom. The van der Waals surface area contributed by atoms with Gasteiger partial charge in [0.2, 0.25) is 0 Å². The van der Waals surface area contributed by atoms with Gasteiger partial charge in [0.15, 0.2) is 0 Å². The van der Waals surface area contributed by atoms with Gasteiger partial charge in [0.05, 0.1) is 0 Å². The summed E-state index contributed by atoms with van der Waals surface area (Å²) >= 11 is 0. The number of benzene rings is 2. The van der Waals surface area contributed by atoms with Crippen LogP contribution in [0.4, 0.5) is 11.4 Å². The van der Waals surface area contributed by atoms with E-state index in [9.17, 15) is 0 Å². The fourth-order valence-corrected chi connectivity index (χ4v) is 6.54. The zero-order valence-corrected chi connectivity index (χ0v) is 24.2. The van der Waals surface area contributed by atoms with E-state index in [1.54, 1.807) is 0 Å². The van der Waals surface area contributed by atoms with Crippen molar-refractivity contribution in [2.45, 2.75) is 129 Å². The SMILES string of the molecule is CC/C=C(\CC)N(c1ccc2c(c1)C(C)(C)CCC2(C)C)c1ccc2c(c1)C(C)(C)CCC2(C)C. The topological polar surface area (TPSA) is 3.24 Å².